The average molecular weight is 330 g/mol. The van der Waals surface area contributed by atoms with Crippen LogP contribution in [0.1, 0.15) is 17.5 Å². The molecule has 8 heteroatoms. The molecule has 0 aromatic heterocycles. The highest BCUT2D eigenvalue weighted by Crippen LogP contribution is 2.34. The van der Waals surface area contributed by atoms with Crippen molar-refractivity contribution in [1.82, 2.24) is 10.2 Å². The number of nitrogens with zero attached hydrogens (tertiary/aromatic N) is 1. The van der Waals surface area contributed by atoms with Gasteiger partial charge in [-0.3, -0.25) is 9.59 Å². The molecule has 2 amide bonds. The van der Waals surface area contributed by atoms with Crippen molar-refractivity contribution in [2.24, 2.45) is 5.92 Å². The fourth-order valence-corrected chi connectivity index (χ4v) is 2.47. The van der Waals surface area contributed by atoms with E-state index in [1.807, 2.05) is 0 Å². The number of amides is 2. The molecule has 1 aliphatic rings. The number of rotatable bonds is 4. The third-order valence-electron chi connectivity index (χ3n) is 3.79. The molecule has 23 heavy (non-hydrogen) atoms. The number of hydrogen-bond donors (Lipinski definition) is 1. The van der Waals surface area contributed by atoms with Gasteiger partial charge in [-0.2, -0.15) is 13.2 Å². The molecule has 5 nitrogen and oxygen atoms in total. The van der Waals surface area contributed by atoms with E-state index >= 15 is 0 Å². The molecule has 0 radical (unpaired) electrons. The van der Waals surface area contributed by atoms with Crippen LogP contribution in [-0.4, -0.2) is 37.4 Å². The summed E-state index contributed by atoms with van der Waals surface area (Å²) in [6, 6.07) is 3.58. The van der Waals surface area contributed by atoms with E-state index in [1.165, 1.54) is 24.1 Å². The van der Waals surface area contributed by atoms with E-state index in [2.05, 4.69) is 5.32 Å². The summed E-state index contributed by atoms with van der Waals surface area (Å²) in [5, 5.41) is 2.47. The number of ether oxygens (including phenoxy) is 1. The molecule has 0 bridgehead atoms. The highest BCUT2D eigenvalue weighted by molar-refractivity contribution is 5.89. The van der Waals surface area contributed by atoms with Gasteiger partial charge in [-0.15, -0.1) is 0 Å². The zero-order valence-corrected chi connectivity index (χ0v) is 12.7. The van der Waals surface area contributed by atoms with E-state index in [4.69, 9.17) is 4.74 Å². The molecule has 1 fully saturated rings. The average Bonchev–Trinajstić information content (AvgIpc) is 2.83. The highest BCUT2D eigenvalue weighted by atomic mass is 19.4. The molecule has 0 aliphatic carbocycles. The van der Waals surface area contributed by atoms with Crippen molar-refractivity contribution in [3.8, 4) is 5.75 Å². The number of carbonyl (C=O) groups excluding carboxylic acids is 2. The van der Waals surface area contributed by atoms with Crippen molar-refractivity contribution < 1.29 is 27.5 Å². The number of nitrogens with one attached hydrogen (secondary N) is 1. The summed E-state index contributed by atoms with van der Waals surface area (Å²) in [6.07, 6.45) is -4.46. The maximum absolute atomic E-state index is 13.1. The lowest BCUT2D eigenvalue weighted by molar-refractivity contribution is -0.138. The second-order valence-corrected chi connectivity index (χ2v) is 5.41. The Balaban J connectivity index is 2.08. The molecule has 2 rings (SSSR count). The van der Waals surface area contributed by atoms with Crippen LogP contribution in [0.15, 0.2) is 18.2 Å². The Hall–Kier alpha value is -2.25. The van der Waals surface area contributed by atoms with E-state index in [-0.39, 0.29) is 36.7 Å². The van der Waals surface area contributed by atoms with Gasteiger partial charge in [-0.05, 0) is 17.7 Å². The van der Waals surface area contributed by atoms with E-state index in [1.54, 1.807) is 7.05 Å². The first-order valence-corrected chi connectivity index (χ1v) is 6.98. The zero-order chi connectivity index (χ0) is 17.2. The number of carbonyl (C=O) groups is 2. The van der Waals surface area contributed by atoms with Gasteiger partial charge < -0.3 is 15.0 Å². The van der Waals surface area contributed by atoms with Gasteiger partial charge in [-0.25, -0.2) is 0 Å². The van der Waals surface area contributed by atoms with Gasteiger partial charge in [0, 0.05) is 26.6 Å². The first-order chi connectivity index (χ1) is 10.7. The lowest BCUT2D eigenvalue weighted by atomic mass is 10.0. The summed E-state index contributed by atoms with van der Waals surface area (Å²) in [5.41, 5.74) is -0.902. The topological polar surface area (TPSA) is 58.6 Å². The van der Waals surface area contributed by atoms with E-state index in [9.17, 15) is 22.8 Å². The number of halogens is 3. The predicted molar refractivity (Wildman–Crippen MR) is 75.6 cm³/mol. The Morgan fingerprint density at radius 2 is 2.13 bits per heavy atom. The van der Waals surface area contributed by atoms with Crippen LogP contribution >= 0.6 is 0 Å². The van der Waals surface area contributed by atoms with Crippen molar-refractivity contribution in [3.63, 3.8) is 0 Å². The van der Waals surface area contributed by atoms with E-state index < -0.39 is 23.6 Å². The number of alkyl halides is 3. The molecule has 1 atom stereocenters. The predicted octanol–water partition coefficient (Wildman–Crippen LogP) is 1.81. The molecule has 126 valence electrons. The molecule has 0 spiro atoms. The number of benzene rings is 1. The Labute approximate surface area is 131 Å². The van der Waals surface area contributed by atoms with Crippen LogP contribution in [0.3, 0.4) is 0 Å². The SMILES string of the molecule is COc1ccc(CNC(=O)C2CC(=O)N(C)C2)c(C(F)(F)F)c1. The van der Waals surface area contributed by atoms with Crippen molar-refractivity contribution in [3.05, 3.63) is 29.3 Å². The maximum Gasteiger partial charge on any atom is 0.416 e. The second-order valence-electron chi connectivity index (χ2n) is 5.41. The van der Waals surface area contributed by atoms with Crippen molar-refractivity contribution >= 4 is 11.8 Å². The minimum absolute atomic E-state index is 0.0515. The first kappa shape index (κ1) is 17.1. The van der Waals surface area contributed by atoms with Gasteiger partial charge in [0.25, 0.3) is 0 Å². The quantitative estimate of drug-likeness (QED) is 0.916. The minimum atomic E-state index is -4.54. The lowest BCUT2D eigenvalue weighted by Gasteiger charge is -2.16. The molecular formula is C15H17F3N2O3. The molecule has 1 aromatic rings. The fourth-order valence-electron chi connectivity index (χ4n) is 2.47. The van der Waals surface area contributed by atoms with Gasteiger partial charge in [0.1, 0.15) is 5.75 Å². The Kier molecular flexibility index (Phi) is 4.82. The molecular weight excluding hydrogens is 313 g/mol. The van der Waals surface area contributed by atoms with Crippen LogP contribution in [-0.2, 0) is 22.3 Å². The molecule has 1 aromatic carbocycles. The number of likely N-dealkylation sites (tertiary alicyclic amines) is 1. The highest BCUT2D eigenvalue weighted by Gasteiger charge is 2.35. The summed E-state index contributed by atoms with van der Waals surface area (Å²) < 4.78 is 44.0. The van der Waals surface area contributed by atoms with Crippen molar-refractivity contribution in [2.45, 2.75) is 19.1 Å². The summed E-state index contributed by atoms with van der Waals surface area (Å²) in [6.45, 7) is 0.0193. The normalized spacial score (nSPS) is 18.2. The Morgan fingerprint density at radius 3 is 2.65 bits per heavy atom. The standard InChI is InChI=1S/C15H17F3N2O3/c1-20-8-10(5-13(20)21)14(22)19-7-9-3-4-11(23-2)6-12(9)15(16,17)18/h3-4,6,10H,5,7-8H2,1-2H3,(H,19,22). The smallest absolute Gasteiger partial charge is 0.416 e. The van der Waals surface area contributed by atoms with Gasteiger partial charge in [0.15, 0.2) is 0 Å². The van der Waals surface area contributed by atoms with Crippen LogP contribution in [0, 0.1) is 5.92 Å². The largest absolute Gasteiger partial charge is 0.497 e. The van der Waals surface area contributed by atoms with Gasteiger partial charge in [0.2, 0.25) is 11.8 Å². The summed E-state index contributed by atoms with van der Waals surface area (Å²) in [7, 11) is 2.87. The summed E-state index contributed by atoms with van der Waals surface area (Å²) in [4.78, 5) is 24.8. The van der Waals surface area contributed by atoms with Gasteiger partial charge in [0.05, 0.1) is 18.6 Å². The van der Waals surface area contributed by atoms with Crippen molar-refractivity contribution in [2.75, 3.05) is 20.7 Å². The van der Waals surface area contributed by atoms with Crippen LogP contribution in [0.2, 0.25) is 0 Å². The minimum Gasteiger partial charge on any atom is -0.497 e. The van der Waals surface area contributed by atoms with Crippen LogP contribution in [0.25, 0.3) is 0 Å². The Bertz CT molecular complexity index is 616. The third kappa shape index (κ3) is 3.94. The Morgan fingerprint density at radius 1 is 1.43 bits per heavy atom. The monoisotopic (exact) mass is 330 g/mol. The lowest BCUT2D eigenvalue weighted by Crippen LogP contribution is -2.32. The molecule has 1 unspecified atom stereocenters. The maximum atomic E-state index is 13.1. The molecule has 1 heterocycles. The van der Waals surface area contributed by atoms with E-state index in [0.717, 1.165) is 6.07 Å². The third-order valence-corrected chi connectivity index (χ3v) is 3.79. The van der Waals surface area contributed by atoms with E-state index in [0.29, 0.717) is 0 Å². The van der Waals surface area contributed by atoms with Crippen LogP contribution in [0.4, 0.5) is 13.2 Å². The first-order valence-electron chi connectivity index (χ1n) is 6.98. The van der Waals surface area contributed by atoms with Crippen LogP contribution in [0.5, 0.6) is 5.75 Å². The molecule has 1 aliphatic heterocycles. The van der Waals surface area contributed by atoms with Crippen LogP contribution < -0.4 is 10.1 Å². The van der Waals surface area contributed by atoms with Gasteiger partial charge in [-0.1, -0.05) is 6.07 Å². The molecule has 1 saturated heterocycles. The molecule has 1 N–H and O–H groups in total. The van der Waals surface area contributed by atoms with Crippen molar-refractivity contribution in [1.29, 1.82) is 0 Å². The van der Waals surface area contributed by atoms with Gasteiger partial charge >= 0.3 is 6.18 Å². The zero-order valence-electron chi connectivity index (χ0n) is 12.7. The summed E-state index contributed by atoms with van der Waals surface area (Å²) >= 11 is 0. The second kappa shape index (κ2) is 6.47. The molecule has 0 saturated carbocycles. The fraction of sp³-hybridized carbons (Fsp3) is 0.467. The number of hydrogen-bond acceptors (Lipinski definition) is 3. The summed E-state index contributed by atoms with van der Waals surface area (Å²) in [5.74, 6) is -1.01. The number of methoxy groups -OCH3 is 1.